The van der Waals surface area contributed by atoms with Crippen molar-refractivity contribution in [3.8, 4) is 23.5 Å². The first-order chi connectivity index (χ1) is 14.0. The summed E-state index contributed by atoms with van der Waals surface area (Å²) in [7, 11) is 0. The molecular weight excluding hydrogens is 368 g/mol. The van der Waals surface area contributed by atoms with Crippen molar-refractivity contribution in [2.75, 3.05) is 11.1 Å². The largest absolute Gasteiger partial charge is 0.383 e. The lowest BCUT2D eigenvalue weighted by atomic mass is 10.0. The maximum Gasteiger partial charge on any atom is 0.330 e. The Hall–Kier alpha value is -4.05. The number of aromatic amines is 1. The molecule has 0 radical (unpaired) electrons. The second-order valence-corrected chi connectivity index (χ2v) is 6.43. The van der Waals surface area contributed by atoms with Gasteiger partial charge in [-0.15, -0.1) is 6.42 Å². The molecule has 4 N–H and O–H groups in total. The number of rotatable bonds is 6. The summed E-state index contributed by atoms with van der Waals surface area (Å²) in [6, 6.07) is 17.9. The summed E-state index contributed by atoms with van der Waals surface area (Å²) < 4.78 is 0.800. The van der Waals surface area contributed by atoms with Gasteiger partial charge in [0.1, 0.15) is 11.5 Å². The van der Waals surface area contributed by atoms with Crippen LogP contribution in [0.3, 0.4) is 0 Å². The van der Waals surface area contributed by atoms with Crippen LogP contribution < -0.4 is 22.3 Å². The van der Waals surface area contributed by atoms with Gasteiger partial charge in [0.2, 0.25) is 5.91 Å². The topological polar surface area (TPSA) is 110 Å². The quantitative estimate of drug-likeness (QED) is 0.561. The lowest BCUT2D eigenvalue weighted by Crippen LogP contribution is -2.38. The fourth-order valence-corrected chi connectivity index (χ4v) is 2.90. The van der Waals surface area contributed by atoms with Crippen LogP contribution >= 0.6 is 0 Å². The number of amides is 1. The SMILES string of the molecule is C#CCn1c(=O)[nH]c(N)c(NC(=O)CCc2ccc(-c3ccccc3)cc2)c1=O. The number of aromatic nitrogens is 2. The molecule has 7 nitrogen and oxygen atoms in total. The van der Waals surface area contributed by atoms with Crippen molar-refractivity contribution in [1.82, 2.24) is 9.55 Å². The average molecular weight is 388 g/mol. The summed E-state index contributed by atoms with van der Waals surface area (Å²) in [6.45, 7) is -0.217. The van der Waals surface area contributed by atoms with E-state index in [1.165, 1.54) is 0 Å². The molecule has 146 valence electrons. The number of nitrogen functional groups attached to an aromatic ring is 1. The monoisotopic (exact) mass is 388 g/mol. The molecular formula is C22H20N4O3. The zero-order chi connectivity index (χ0) is 20.8. The number of benzene rings is 2. The van der Waals surface area contributed by atoms with E-state index in [2.05, 4.69) is 16.2 Å². The van der Waals surface area contributed by atoms with Crippen molar-refractivity contribution < 1.29 is 4.79 Å². The van der Waals surface area contributed by atoms with Crippen LogP contribution in [0.5, 0.6) is 0 Å². The van der Waals surface area contributed by atoms with E-state index >= 15 is 0 Å². The summed E-state index contributed by atoms with van der Waals surface area (Å²) >= 11 is 0. The van der Waals surface area contributed by atoms with Gasteiger partial charge >= 0.3 is 5.69 Å². The fraction of sp³-hybridized carbons (Fsp3) is 0.136. The highest BCUT2D eigenvalue weighted by Crippen LogP contribution is 2.19. The van der Waals surface area contributed by atoms with Crippen LogP contribution in [0.2, 0.25) is 0 Å². The maximum absolute atomic E-state index is 12.3. The van der Waals surface area contributed by atoms with Crippen molar-refractivity contribution in [3.05, 3.63) is 81.0 Å². The van der Waals surface area contributed by atoms with E-state index in [0.717, 1.165) is 21.3 Å². The van der Waals surface area contributed by atoms with Crippen molar-refractivity contribution >= 4 is 17.4 Å². The van der Waals surface area contributed by atoms with Gasteiger partial charge in [-0.3, -0.25) is 14.6 Å². The number of carbonyl (C=O) groups excluding carboxylic acids is 1. The minimum Gasteiger partial charge on any atom is -0.383 e. The summed E-state index contributed by atoms with van der Waals surface area (Å²) in [4.78, 5) is 38.7. The molecule has 1 amide bonds. The number of nitrogens with one attached hydrogen (secondary N) is 2. The zero-order valence-electron chi connectivity index (χ0n) is 15.6. The highest BCUT2D eigenvalue weighted by molar-refractivity contribution is 5.93. The number of nitrogens with two attached hydrogens (primary N) is 1. The summed E-state index contributed by atoms with van der Waals surface area (Å²) in [5, 5.41) is 2.48. The molecule has 1 heterocycles. The third-order valence-corrected chi connectivity index (χ3v) is 4.43. The van der Waals surface area contributed by atoms with Gasteiger partial charge in [0.15, 0.2) is 0 Å². The van der Waals surface area contributed by atoms with Gasteiger partial charge in [-0.25, -0.2) is 9.36 Å². The van der Waals surface area contributed by atoms with Gasteiger partial charge in [-0.2, -0.15) is 0 Å². The van der Waals surface area contributed by atoms with Crippen molar-refractivity contribution in [1.29, 1.82) is 0 Å². The van der Waals surface area contributed by atoms with Crippen molar-refractivity contribution in [2.24, 2.45) is 0 Å². The van der Waals surface area contributed by atoms with E-state index in [0.29, 0.717) is 6.42 Å². The number of nitrogens with zero attached hydrogens (tertiary/aromatic N) is 1. The number of H-pyrrole nitrogens is 1. The Labute approximate surface area is 167 Å². The standard InChI is InChI=1S/C22H20N4O3/c1-2-14-26-21(28)19(20(23)25-22(26)29)24-18(27)13-10-15-8-11-17(12-9-15)16-6-4-3-5-7-16/h1,3-9,11-12H,10,13-14,23H2,(H,24,27)(H,25,29). The first-order valence-electron chi connectivity index (χ1n) is 9.00. The molecule has 1 aromatic heterocycles. The molecule has 0 aliphatic heterocycles. The van der Waals surface area contributed by atoms with Crippen molar-refractivity contribution in [3.63, 3.8) is 0 Å². The molecule has 0 bridgehead atoms. The summed E-state index contributed by atoms with van der Waals surface area (Å²) in [5.74, 6) is 1.63. The zero-order valence-corrected chi connectivity index (χ0v) is 15.6. The van der Waals surface area contributed by atoms with Crippen LogP contribution in [0, 0.1) is 12.3 Å². The molecule has 0 aliphatic rings. The normalized spacial score (nSPS) is 10.3. The highest BCUT2D eigenvalue weighted by atomic mass is 16.2. The molecule has 0 saturated carbocycles. The van der Waals surface area contributed by atoms with Crippen LogP contribution in [-0.2, 0) is 17.8 Å². The van der Waals surface area contributed by atoms with Crippen LogP contribution in [-0.4, -0.2) is 15.5 Å². The Bertz CT molecular complexity index is 1170. The Morgan fingerprint density at radius 2 is 1.72 bits per heavy atom. The third-order valence-electron chi connectivity index (χ3n) is 4.43. The lowest BCUT2D eigenvalue weighted by Gasteiger charge is -2.10. The van der Waals surface area contributed by atoms with E-state index in [4.69, 9.17) is 12.2 Å². The fourth-order valence-electron chi connectivity index (χ4n) is 2.90. The van der Waals surface area contributed by atoms with E-state index in [1.807, 2.05) is 54.6 Å². The Kier molecular flexibility index (Phi) is 5.95. The molecule has 0 aliphatic carbocycles. The van der Waals surface area contributed by atoms with Gasteiger partial charge in [-0.1, -0.05) is 60.5 Å². The molecule has 0 spiro atoms. The van der Waals surface area contributed by atoms with Gasteiger partial charge < -0.3 is 11.1 Å². The van der Waals surface area contributed by atoms with Crippen LogP contribution in [0.4, 0.5) is 11.5 Å². The second-order valence-electron chi connectivity index (χ2n) is 6.43. The summed E-state index contributed by atoms with van der Waals surface area (Å²) in [6.07, 6.45) is 5.81. The first-order valence-corrected chi connectivity index (χ1v) is 9.00. The minimum absolute atomic E-state index is 0.151. The lowest BCUT2D eigenvalue weighted by molar-refractivity contribution is -0.116. The minimum atomic E-state index is -0.732. The Balaban J connectivity index is 1.66. The molecule has 0 atom stereocenters. The molecule has 2 aromatic carbocycles. The van der Waals surface area contributed by atoms with E-state index < -0.39 is 11.2 Å². The number of hydrogen-bond donors (Lipinski definition) is 3. The average Bonchev–Trinajstić information content (AvgIpc) is 2.73. The molecule has 0 fully saturated rings. The number of aryl methyl sites for hydroxylation is 1. The number of terminal acetylenes is 1. The van der Waals surface area contributed by atoms with E-state index in [1.54, 1.807) is 0 Å². The van der Waals surface area contributed by atoms with Gasteiger partial charge in [0.05, 0.1) is 6.54 Å². The summed E-state index contributed by atoms with van der Waals surface area (Å²) in [5.41, 5.74) is 7.25. The molecule has 7 heteroatoms. The molecule has 3 rings (SSSR count). The molecule has 29 heavy (non-hydrogen) atoms. The van der Waals surface area contributed by atoms with Crippen LogP contribution in [0.1, 0.15) is 12.0 Å². The highest BCUT2D eigenvalue weighted by Gasteiger charge is 2.14. The van der Waals surface area contributed by atoms with Gasteiger partial charge in [0.25, 0.3) is 5.56 Å². The molecule has 0 unspecified atom stereocenters. The number of anilines is 2. The smallest absolute Gasteiger partial charge is 0.330 e. The van der Waals surface area contributed by atoms with Crippen LogP contribution in [0.15, 0.2) is 64.2 Å². The van der Waals surface area contributed by atoms with Gasteiger partial charge in [-0.05, 0) is 23.1 Å². The molecule has 3 aromatic rings. The first kappa shape index (κ1) is 19.7. The Morgan fingerprint density at radius 3 is 2.38 bits per heavy atom. The van der Waals surface area contributed by atoms with E-state index in [-0.39, 0.29) is 30.4 Å². The maximum atomic E-state index is 12.3. The molecule has 0 saturated heterocycles. The van der Waals surface area contributed by atoms with E-state index in [9.17, 15) is 14.4 Å². The van der Waals surface area contributed by atoms with Gasteiger partial charge in [0, 0.05) is 6.42 Å². The predicted molar refractivity (Wildman–Crippen MR) is 113 cm³/mol. The Morgan fingerprint density at radius 1 is 1.07 bits per heavy atom. The van der Waals surface area contributed by atoms with Crippen molar-refractivity contribution in [2.45, 2.75) is 19.4 Å². The number of carbonyl (C=O) groups is 1. The predicted octanol–water partition coefficient (Wildman–Crippen LogP) is 1.99. The number of hydrogen-bond acceptors (Lipinski definition) is 4. The van der Waals surface area contributed by atoms with Crippen LogP contribution in [0.25, 0.3) is 11.1 Å². The second kappa shape index (κ2) is 8.76. The third kappa shape index (κ3) is 4.62.